The van der Waals surface area contributed by atoms with Crippen LogP contribution in [0.25, 0.3) is 0 Å². The van der Waals surface area contributed by atoms with Gasteiger partial charge in [0, 0.05) is 6.54 Å². The van der Waals surface area contributed by atoms with E-state index >= 15 is 0 Å². The lowest BCUT2D eigenvalue weighted by molar-refractivity contribution is -0.149. The summed E-state index contributed by atoms with van der Waals surface area (Å²) < 4.78 is 0. The van der Waals surface area contributed by atoms with Crippen LogP contribution in [0.1, 0.15) is 46.5 Å². The van der Waals surface area contributed by atoms with E-state index in [0.717, 1.165) is 0 Å². The second-order valence-corrected chi connectivity index (χ2v) is 9.31. The molecule has 1 heterocycles. The summed E-state index contributed by atoms with van der Waals surface area (Å²) in [6.07, 6.45) is 2.41. The summed E-state index contributed by atoms with van der Waals surface area (Å²) in [5, 5.41) is 24.2. The number of amides is 3. The van der Waals surface area contributed by atoms with Crippen LogP contribution in [0.4, 0.5) is 0 Å². The summed E-state index contributed by atoms with van der Waals surface area (Å²) in [5.41, 5.74) is 5.66. The quantitative estimate of drug-likeness (QED) is 0.261. The number of aliphatic hydroxyl groups excluding tert-OH is 1. The van der Waals surface area contributed by atoms with Crippen LogP contribution in [0, 0.1) is 5.92 Å². The van der Waals surface area contributed by atoms with E-state index in [2.05, 4.69) is 10.6 Å². The summed E-state index contributed by atoms with van der Waals surface area (Å²) in [6.45, 7) is 5.52. The number of likely N-dealkylation sites (tertiary alicyclic amines) is 1. The molecule has 0 spiro atoms. The number of nitrogens with zero attached hydrogens (tertiary/aromatic N) is 1. The Kier molecular flexibility index (Phi) is 11.3. The zero-order chi connectivity index (χ0) is 23.7. The molecule has 0 bridgehead atoms. The lowest BCUT2D eigenvalue weighted by Gasteiger charge is -2.30. The van der Waals surface area contributed by atoms with Gasteiger partial charge in [-0.1, -0.05) is 13.8 Å². The van der Waals surface area contributed by atoms with Crippen molar-refractivity contribution < 1.29 is 29.4 Å². The van der Waals surface area contributed by atoms with Gasteiger partial charge in [0.2, 0.25) is 17.7 Å². The maximum atomic E-state index is 13.1. The molecule has 0 aliphatic carbocycles. The van der Waals surface area contributed by atoms with Crippen molar-refractivity contribution in [2.24, 2.45) is 11.7 Å². The molecule has 1 aliphatic rings. The fourth-order valence-corrected chi connectivity index (χ4v) is 3.92. The van der Waals surface area contributed by atoms with Crippen LogP contribution >= 0.6 is 11.8 Å². The molecular weight excluding hydrogens is 424 g/mol. The number of hydrogen-bond acceptors (Lipinski definition) is 7. The predicted octanol–water partition coefficient (Wildman–Crippen LogP) is -0.461. The summed E-state index contributed by atoms with van der Waals surface area (Å²) >= 11 is 1.50. The third kappa shape index (κ3) is 8.30. The van der Waals surface area contributed by atoms with Gasteiger partial charge in [0.1, 0.15) is 24.2 Å². The van der Waals surface area contributed by atoms with Crippen LogP contribution in [0.3, 0.4) is 0 Å². The van der Waals surface area contributed by atoms with Crippen LogP contribution in [-0.4, -0.2) is 87.6 Å². The van der Waals surface area contributed by atoms with Crippen molar-refractivity contribution in [3.05, 3.63) is 0 Å². The van der Waals surface area contributed by atoms with Gasteiger partial charge in [0.15, 0.2) is 0 Å². The maximum absolute atomic E-state index is 13.1. The van der Waals surface area contributed by atoms with E-state index in [9.17, 15) is 29.4 Å². The molecular formula is C20H36N4O6S. The Morgan fingerprint density at radius 2 is 1.74 bits per heavy atom. The van der Waals surface area contributed by atoms with Gasteiger partial charge in [-0.2, -0.15) is 11.8 Å². The SMILES string of the molecule is CSCCC(NC(=O)C(N)C(C)O)C(=O)NC(CC(C)C)C(=O)N1CCCC1C(=O)O. The summed E-state index contributed by atoms with van der Waals surface area (Å²) in [5.74, 6) is -2.03. The van der Waals surface area contributed by atoms with Gasteiger partial charge in [0.05, 0.1) is 6.10 Å². The van der Waals surface area contributed by atoms with Gasteiger partial charge in [-0.25, -0.2) is 4.79 Å². The molecule has 1 fully saturated rings. The first-order chi connectivity index (χ1) is 14.5. The van der Waals surface area contributed by atoms with Crippen LogP contribution in [-0.2, 0) is 19.2 Å². The third-order valence-electron chi connectivity index (χ3n) is 5.21. The highest BCUT2D eigenvalue weighted by Gasteiger charge is 2.38. The first-order valence-electron chi connectivity index (χ1n) is 10.6. The van der Waals surface area contributed by atoms with Crippen molar-refractivity contribution >= 4 is 35.5 Å². The van der Waals surface area contributed by atoms with Crippen molar-refractivity contribution in [1.29, 1.82) is 0 Å². The third-order valence-corrected chi connectivity index (χ3v) is 5.85. The maximum Gasteiger partial charge on any atom is 0.326 e. The standard InChI is InChI=1S/C20H36N4O6S/c1-11(2)10-14(19(28)24-8-5-6-15(24)20(29)30)23-17(26)13(7-9-31-4)22-18(27)16(21)12(3)25/h11-16,25H,5-10,21H2,1-4H3,(H,22,27)(H,23,26)(H,29,30). The largest absolute Gasteiger partial charge is 0.480 e. The number of hydrogen-bond donors (Lipinski definition) is 5. The van der Waals surface area contributed by atoms with Gasteiger partial charge in [-0.05, 0) is 50.5 Å². The molecule has 1 rings (SSSR count). The number of aliphatic hydroxyl groups is 1. The van der Waals surface area contributed by atoms with Crippen molar-refractivity contribution in [1.82, 2.24) is 15.5 Å². The highest BCUT2D eigenvalue weighted by atomic mass is 32.2. The number of carboxylic acid groups (broad SMARTS) is 1. The molecule has 5 atom stereocenters. The molecule has 5 unspecified atom stereocenters. The number of thioether (sulfide) groups is 1. The van der Waals surface area contributed by atoms with Crippen LogP contribution in [0.15, 0.2) is 0 Å². The highest BCUT2D eigenvalue weighted by molar-refractivity contribution is 7.98. The van der Waals surface area contributed by atoms with E-state index in [4.69, 9.17) is 5.73 Å². The first-order valence-corrected chi connectivity index (χ1v) is 12.0. The Hall–Kier alpha value is -1.85. The molecule has 0 aromatic rings. The highest BCUT2D eigenvalue weighted by Crippen LogP contribution is 2.20. The fourth-order valence-electron chi connectivity index (χ4n) is 3.44. The molecule has 1 saturated heterocycles. The summed E-state index contributed by atoms with van der Waals surface area (Å²) in [4.78, 5) is 51.1. The zero-order valence-corrected chi connectivity index (χ0v) is 19.5. The van der Waals surface area contributed by atoms with E-state index in [1.807, 2.05) is 20.1 Å². The molecule has 10 nitrogen and oxygen atoms in total. The first kappa shape index (κ1) is 27.2. The van der Waals surface area contributed by atoms with Crippen molar-refractivity contribution in [2.75, 3.05) is 18.6 Å². The number of carboxylic acids is 1. The van der Waals surface area contributed by atoms with Crippen LogP contribution in [0.2, 0.25) is 0 Å². The molecule has 31 heavy (non-hydrogen) atoms. The molecule has 1 aliphatic heterocycles. The fraction of sp³-hybridized carbons (Fsp3) is 0.800. The average Bonchev–Trinajstić information content (AvgIpc) is 3.18. The van der Waals surface area contributed by atoms with E-state index in [-0.39, 0.29) is 5.92 Å². The average molecular weight is 461 g/mol. The summed E-state index contributed by atoms with van der Waals surface area (Å²) in [7, 11) is 0. The van der Waals surface area contributed by atoms with Gasteiger partial charge in [-0.3, -0.25) is 14.4 Å². The van der Waals surface area contributed by atoms with Gasteiger partial charge in [0.25, 0.3) is 0 Å². The number of carbonyl (C=O) groups is 4. The molecule has 0 radical (unpaired) electrons. The van der Waals surface area contributed by atoms with Crippen molar-refractivity contribution in [3.8, 4) is 0 Å². The molecule has 3 amide bonds. The number of nitrogens with one attached hydrogen (secondary N) is 2. The Bertz CT molecular complexity index is 645. The smallest absolute Gasteiger partial charge is 0.326 e. The van der Waals surface area contributed by atoms with Gasteiger partial charge in [-0.15, -0.1) is 0 Å². The summed E-state index contributed by atoms with van der Waals surface area (Å²) in [6, 6.07) is -3.90. The van der Waals surface area contributed by atoms with Crippen LogP contribution < -0.4 is 16.4 Å². The second-order valence-electron chi connectivity index (χ2n) is 8.33. The topological polar surface area (TPSA) is 162 Å². The minimum atomic E-state index is -1.18. The van der Waals surface area contributed by atoms with E-state index in [0.29, 0.717) is 38.0 Å². The Labute approximate surface area is 187 Å². The number of nitrogens with two attached hydrogens (primary N) is 1. The van der Waals surface area contributed by atoms with Crippen LogP contribution in [0.5, 0.6) is 0 Å². The van der Waals surface area contributed by atoms with Crippen molar-refractivity contribution in [2.45, 2.75) is 76.7 Å². The number of rotatable bonds is 12. The second kappa shape index (κ2) is 12.9. The van der Waals surface area contributed by atoms with Crippen molar-refractivity contribution in [3.63, 3.8) is 0 Å². The lowest BCUT2D eigenvalue weighted by atomic mass is 10.0. The Balaban J connectivity index is 2.98. The molecule has 0 saturated carbocycles. The van der Waals surface area contributed by atoms with E-state index in [1.54, 1.807) is 0 Å². The minimum absolute atomic E-state index is 0.0723. The van der Waals surface area contributed by atoms with E-state index < -0.39 is 54.0 Å². The number of carbonyl (C=O) groups excluding carboxylic acids is 3. The molecule has 0 aromatic heterocycles. The molecule has 6 N–H and O–H groups in total. The normalized spacial score (nSPS) is 20.1. The van der Waals surface area contributed by atoms with Gasteiger partial charge >= 0.3 is 5.97 Å². The van der Waals surface area contributed by atoms with E-state index in [1.165, 1.54) is 23.6 Å². The minimum Gasteiger partial charge on any atom is -0.480 e. The number of aliphatic carboxylic acids is 1. The lowest BCUT2D eigenvalue weighted by Crippen LogP contribution is -2.58. The Morgan fingerprint density at radius 1 is 1.13 bits per heavy atom. The Morgan fingerprint density at radius 3 is 2.26 bits per heavy atom. The molecule has 178 valence electrons. The van der Waals surface area contributed by atoms with Gasteiger partial charge < -0.3 is 31.5 Å². The monoisotopic (exact) mass is 460 g/mol. The molecule has 11 heteroatoms. The molecule has 0 aromatic carbocycles. The zero-order valence-electron chi connectivity index (χ0n) is 18.7. The predicted molar refractivity (Wildman–Crippen MR) is 118 cm³/mol.